The molecule has 1 heterocycles. The molecule has 3 aromatic rings. The lowest BCUT2D eigenvalue weighted by atomic mass is 10.1. The summed E-state index contributed by atoms with van der Waals surface area (Å²) in [5, 5.41) is 3.74. The van der Waals surface area contributed by atoms with Gasteiger partial charge in [-0.3, -0.25) is 4.79 Å². The summed E-state index contributed by atoms with van der Waals surface area (Å²) in [6.07, 6.45) is 1.09. The maximum atomic E-state index is 12.5. The van der Waals surface area contributed by atoms with Crippen molar-refractivity contribution in [2.75, 3.05) is 6.26 Å². The minimum absolute atomic E-state index is 0.0132. The number of furan rings is 1. The second-order valence-corrected chi connectivity index (χ2v) is 7.63. The maximum absolute atomic E-state index is 12.5. The van der Waals surface area contributed by atoms with Crippen molar-refractivity contribution in [3.8, 4) is 0 Å². The molecule has 0 fully saturated rings. The van der Waals surface area contributed by atoms with Crippen LogP contribution in [0.3, 0.4) is 0 Å². The highest BCUT2D eigenvalue weighted by Crippen LogP contribution is 2.24. The van der Waals surface area contributed by atoms with Gasteiger partial charge in [0.1, 0.15) is 11.3 Å². The molecule has 2 aromatic carbocycles. The lowest BCUT2D eigenvalue weighted by Crippen LogP contribution is -2.27. The van der Waals surface area contributed by atoms with Crippen LogP contribution in [-0.2, 0) is 9.84 Å². The number of amides is 1. The second kappa shape index (κ2) is 6.13. The highest BCUT2D eigenvalue weighted by Gasteiger charge is 2.21. The Labute approximate surface area is 140 Å². The van der Waals surface area contributed by atoms with Gasteiger partial charge in [-0.1, -0.05) is 30.3 Å². The lowest BCUT2D eigenvalue weighted by molar-refractivity contribution is 0.0932. The highest BCUT2D eigenvalue weighted by molar-refractivity contribution is 7.90. The number of para-hydroxylation sites is 1. The van der Waals surface area contributed by atoms with Crippen LogP contribution < -0.4 is 5.32 Å². The standard InChI is InChI=1S/C18H17NO4S/c1-12(16-11-13-7-3-5-9-15(13)23-16)19-18(20)14-8-4-6-10-17(14)24(2,21)22/h3-12H,1-2H3,(H,19,20)/t12-/m0/s1. The van der Waals surface area contributed by atoms with E-state index in [0.717, 1.165) is 17.2 Å². The number of hydrogen-bond donors (Lipinski definition) is 1. The van der Waals surface area contributed by atoms with E-state index in [4.69, 9.17) is 4.42 Å². The topological polar surface area (TPSA) is 76.4 Å². The van der Waals surface area contributed by atoms with E-state index in [1.54, 1.807) is 19.1 Å². The first-order valence-electron chi connectivity index (χ1n) is 7.44. The molecule has 0 radical (unpaired) electrons. The Morgan fingerprint density at radius 3 is 2.46 bits per heavy atom. The fourth-order valence-electron chi connectivity index (χ4n) is 2.54. The van der Waals surface area contributed by atoms with Crippen molar-refractivity contribution in [1.82, 2.24) is 5.32 Å². The molecule has 1 aromatic heterocycles. The third-order valence-corrected chi connectivity index (χ3v) is 4.91. The molecule has 1 amide bonds. The van der Waals surface area contributed by atoms with Gasteiger partial charge in [0, 0.05) is 11.6 Å². The molecule has 0 bridgehead atoms. The van der Waals surface area contributed by atoms with Crippen molar-refractivity contribution >= 4 is 26.7 Å². The van der Waals surface area contributed by atoms with Gasteiger partial charge in [0.2, 0.25) is 0 Å². The first kappa shape index (κ1) is 16.3. The van der Waals surface area contributed by atoms with Gasteiger partial charge >= 0.3 is 0 Å². The molecule has 0 aliphatic carbocycles. The SMILES string of the molecule is C[C@H](NC(=O)c1ccccc1S(C)(=O)=O)c1cc2ccccc2o1. The van der Waals surface area contributed by atoms with Gasteiger partial charge in [-0.25, -0.2) is 8.42 Å². The summed E-state index contributed by atoms with van der Waals surface area (Å²) in [4.78, 5) is 12.5. The van der Waals surface area contributed by atoms with Crippen LogP contribution in [-0.4, -0.2) is 20.6 Å². The Bertz CT molecular complexity index is 972. The predicted octanol–water partition coefficient (Wildman–Crippen LogP) is 3.33. The molecule has 0 unspecified atom stereocenters. The number of benzene rings is 2. The number of fused-ring (bicyclic) bond motifs is 1. The van der Waals surface area contributed by atoms with Crippen LogP contribution in [0.1, 0.15) is 29.1 Å². The molecule has 3 rings (SSSR count). The molecule has 0 saturated carbocycles. The van der Waals surface area contributed by atoms with Crippen molar-refractivity contribution in [1.29, 1.82) is 0 Å². The molecule has 124 valence electrons. The van der Waals surface area contributed by atoms with Gasteiger partial charge in [0.25, 0.3) is 5.91 Å². The Balaban J connectivity index is 1.87. The molecule has 0 spiro atoms. The zero-order chi connectivity index (χ0) is 17.3. The minimum Gasteiger partial charge on any atom is -0.459 e. The van der Waals surface area contributed by atoms with Gasteiger partial charge < -0.3 is 9.73 Å². The van der Waals surface area contributed by atoms with Crippen molar-refractivity contribution in [2.45, 2.75) is 17.9 Å². The first-order chi connectivity index (χ1) is 11.4. The summed E-state index contributed by atoms with van der Waals surface area (Å²) < 4.78 is 29.4. The Kier molecular flexibility index (Phi) is 4.15. The van der Waals surface area contributed by atoms with E-state index in [0.29, 0.717) is 5.76 Å². The number of carbonyl (C=O) groups excluding carboxylic acids is 1. The normalized spacial score (nSPS) is 12.9. The average molecular weight is 343 g/mol. The molecule has 0 saturated heterocycles. The summed E-state index contributed by atoms with van der Waals surface area (Å²) in [7, 11) is -3.48. The van der Waals surface area contributed by atoms with Crippen LogP contribution in [0.25, 0.3) is 11.0 Å². The molecule has 1 N–H and O–H groups in total. The zero-order valence-electron chi connectivity index (χ0n) is 13.3. The van der Waals surface area contributed by atoms with Crippen molar-refractivity contribution in [3.63, 3.8) is 0 Å². The molecular weight excluding hydrogens is 326 g/mol. The van der Waals surface area contributed by atoms with Gasteiger partial charge in [-0.05, 0) is 31.2 Å². The number of nitrogens with one attached hydrogen (secondary N) is 1. The van der Waals surface area contributed by atoms with Crippen LogP contribution >= 0.6 is 0 Å². The summed E-state index contributed by atoms with van der Waals surface area (Å²) in [6.45, 7) is 1.79. The molecule has 0 aliphatic rings. The van der Waals surface area contributed by atoms with Crippen molar-refractivity contribution in [3.05, 3.63) is 65.9 Å². The van der Waals surface area contributed by atoms with E-state index in [1.807, 2.05) is 30.3 Å². The molecule has 5 nitrogen and oxygen atoms in total. The van der Waals surface area contributed by atoms with Gasteiger partial charge in [0.05, 0.1) is 16.5 Å². The molecule has 1 atom stereocenters. The summed E-state index contributed by atoms with van der Waals surface area (Å²) in [6, 6.07) is 15.2. The van der Waals surface area contributed by atoms with E-state index >= 15 is 0 Å². The summed E-state index contributed by atoms with van der Waals surface area (Å²) in [5.74, 6) is 0.158. The maximum Gasteiger partial charge on any atom is 0.253 e. The lowest BCUT2D eigenvalue weighted by Gasteiger charge is -2.13. The number of carbonyl (C=O) groups is 1. The predicted molar refractivity (Wildman–Crippen MR) is 91.6 cm³/mol. The van der Waals surface area contributed by atoms with Crippen molar-refractivity contribution < 1.29 is 17.6 Å². The van der Waals surface area contributed by atoms with E-state index in [-0.39, 0.29) is 10.5 Å². The Morgan fingerprint density at radius 1 is 1.08 bits per heavy atom. The van der Waals surface area contributed by atoms with Crippen LogP contribution in [0, 0.1) is 0 Å². The van der Waals surface area contributed by atoms with Gasteiger partial charge in [0.15, 0.2) is 9.84 Å². The van der Waals surface area contributed by atoms with Crippen LogP contribution in [0.2, 0.25) is 0 Å². The van der Waals surface area contributed by atoms with Gasteiger partial charge in [-0.2, -0.15) is 0 Å². The Morgan fingerprint density at radius 2 is 1.75 bits per heavy atom. The monoisotopic (exact) mass is 343 g/mol. The quantitative estimate of drug-likeness (QED) is 0.788. The van der Waals surface area contributed by atoms with E-state index < -0.39 is 21.8 Å². The summed E-state index contributed by atoms with van der Waals surface area (Å²) >= 11 is 0. The molecule has 6 heteroatoms. The zero-order valence-corrected chi connectivity index (χ0v) is 14.1. The molecular formula is C18H17NO4S. The van der Waals surface area contributed by atoms with Crippen LogP contribution in [0.15, 0.2) is 63.9 Å². The number of rotatable bonds is 4. The third-order valence-electron chi connectivity index (χ3n) is 3.75. The number of sulfone groups is 1. The molecule has 0 aliphatic heterocycles. The molecule has 24 heavy (non-hydrogen) atoms. The van der Waals surface area contributed by atoms with Crippen LogP contribution in [0.4, 0.5) is 0 Å². The van der Waals surface area contributed by atoms with Gasteiger partial charge in [-0.15, -0.1) is 0 Å². The minimum atomic E-state index is -3.48. The Hall–Kier alpha value is -2.60. The fourth-order valence-corrected chi connectivity index (χ4v) is 3.42. The fraction of sp³-hybridized carbons (Fsp3) is 0.167. The van der Waals surface area contributed by atoms with E-state index in [1.165, 1.54) is 12.1 Å². The second-order valence-electron chi connectivity index (χ2n) is 5.65. The highest BCUT2D eigenvalue weighted by atomic mass is 32.2. The average Bonchev–Trinajstić information content (AvgIpc) is 2.98. The van der Waals surface area contributed by atoms with Crippen molar-refractivity contribution in [2.24, 2.45) is 0 Å². The smallest absolute Gasteiger partial charge is 0.253 e. The third kappa shape index (κ3) is 3.19. The number of hydrogen-bond acceptors (Lipinski definition) is 4. The van der Waals surface area contributed by atoms with E-state index in [2.05, 4.69) is 5.32 Å². The van der Waals surface area contributed by atoms with Crippen LogP contribution in [0.5, 0.6) is 0 Å². The van der Waals surface area contributed by atoms with E-state index in [9.17, 15) is 13.2 Å². The summed E-state index contributed by atoms with van der Waals surface area (Å²) in [5.41, 5.74) is 0.869. The first-order valence-corrected chi connectivity index (χ1v) is 9.34. The largest absolute Gasteiger partial charge is 0.459 e.